The number of carbonyl (C=O) groups excluding carboxylic acids is 3. The minimum absolute atomic E-state index is 0.271. The third-order valence-electron chi connectivity index (χ3n) is 3.03. The van der Waals surface area contributed by atoms with E-state index in [2.05, 4.69) is 5.32 Å². The van der Waals surface area contributed by atoms with Crippen molar-refractivity contribution < 1.29 is 28.6 Å². The Kier molecular flexibility index (Phi) is 4.87. The molecule has 0 bridgehead atoms. The SMILES string of the molecule is CC(C)(C)OC(=O)c1ccccc1NC=C1C(=O)OC(C)(C)OC1=O. The van der Waals surface area contributed by atoms with Gasteiger partial charge in [-0.1, -0.05) is 12.1 Å². The van der Waals surface area contributed by atoms with Crippen molar-refractivity contribution in [2.75, 3.05) is 5.32 Å². The van der Waals surface area contributed by atoms with Crippen molar-refractivity contribution >= 4 is 23.6 Å². The molecule has 134 valence electrons. The molecular formula is C18H21NO6. The van der Waals surface area contributed by atoms with Gasteiger partial charge in [0.15, 0.2) is 5.57 Å². The molecule has 1 aliphatic rings. The summed E-state index contributed by atoms with van der Waals surface area (Å²) in [6.07, 6.45) is 1.16. The van der Waals surface area contributed by atoms with E-state index in [9.17, 15) is 14.4 Å². The van der Waals surface area contributed by atoms with Crippen molar-refractivity contribution in [2.24, 2.45) is 0 Å². The van der Waals surface area contributed by atoms with E-state index >= 15 is 0 Å². The maximum atomic E-state index is 12.3. The second kappa shape index (κ2) is 6.58. The third-order valence-corrected chi connectivity index (χ3v) is 3.03. The van der Waals surface area contributed by atoms with Crippen molar-refractivity contribution in [3.8, 4) is 0 Å². The van der Waals surface area contributed by atoms with Gasteiger partial charge >= 0.3 is 17.9 Å². The lowest BCUT2D eigenvalue weighted by Crippen LogP contribution is -2.42. The maximum Gasteiger partial charge on any atom is 0.350 e. The summed E-state index contributed by atoms with van der Waals surface area (Å²) in [5.41, 5.74) is -0.286. The molecule has 0 spiro atoms. The Hall–Kier alpha value is -2.83. The van der Waals surface area contributed by atoms with Crippen LogP contribution in [-0.2, 0) is 23.8 Å². The quantitative estimate of drug-likeness (QED) is 0.511. The summed E-state index contributed by atoms with van der Waals surface area (Å²) in [5.74, 6) is -3.43. The summed E-state index contributed by atoms with van der Waals surface area (Å²) in [4.78, 5) is 36.1. The first kappa shape index (κ1) is 18.5. The molecule has 25 heavy (non-hydrogen) atoms. The molecule has 0 unspecified atom stereocenters. The molecule has 1 aromatic rings. The van der Waals surface area contributed by atoms with Gasteiger partial charge in [0, 0.05) is 20.0 Å². The predicted octanol–water partition coefficient (Wildman–Crippen LogP) is 2.77. The lowest BCUT2D eigenvalue weighted by atomic mass is 10.1. The normalized spacial score (nSPS) is 16.6. The highest BCUT2D eigenvalue weighted by Crippen LogP contribution is 2.24. The van der Waals surface area contributed by atoms with Crippen LogP contribution in [0.3, 0.4) is 0 Å². The fraction of sp³-hybridized carbons (Fsp3) is 0.389. The Balaban J connectivity index is 2.23. The zero-order chi connectivity index (χ0) is 18.8. The van der Waals surface area contributed by atoms with E-state index in [1.165, 1.54) is 13.8 Å². The zero-order valence-corrected chi connectivity index (χ0v) is 14.8. The lowest BCUT2D eigenvalue weighted by Gasteiger charge is -2.29. The van der Waals surface area contributed by atoms with Gasteiger partial charge in [-0.25, -0.2) is 14.4 Å². The maximum absolute atomic E-state index is 12.3. The Morgan fingerprint density at radius 3 is 2.24 bits per heavy atom. The fourth-order valence-electron chi connectivity index (χ4n) is 2.05. The highest BCUT2D eigenvalue weighted by molar-refractivity contribution is 6.15. The number of benzene rings is 1. The average molecular weight is 347 g/mol. The number of ether oxygens (including phenoxy) is 3. The molecule has 0 saturated carbocycles. The van der Waals surface area contributed by atoms with Gasteiger partial charge in [0.1, 0.15) is 5.60 Å². The summed E-state index contributed by atoms with van der Waals surface area (Å²) >= 11 is 0. The van der Waals surface area contributed by atoms with Crippen molar-refractivity contribution in [3.63, 3.8) is 0 Å². The Labute approximate surface area is 145 Å². The number of nitrogens with one attached hydrogen (secondary N) is 1. The Bertz CT molecular complexity index is 720. The number of anilines is 1. The van der Waals surface area contributed by atoms with Crippen molar-refractivity contribution in [3.05, 3.63) is 41.6 Å². The molecule has 1 aliphatic heterocycles. The second-order valence-corrected chi connectivity index (χ2v) is 6.93. The molecular weight excluding hydrogens is 326 g/mol. The van der Waals surface area contributed by atoms with Crippen molar-refractivity contribution in [1.82, 2.24) is 0 Å². The Morgan fingerprint density at radius 1 is 1.12 bits per heavy atom. The van der Waals surface area contributed by atoms with Gasteiger partial charge in [0.2, 0.25) is 0 Å². The van der Waals surface area contributed by atoms with E-state index in [1.54, 1.807) is 45.0 Å². The minimum atomic E-state index is -1.31. The van der Waals surface area contributed by atoms with Gasteiger partial charge in [-0.3, -0.25) is 0 Å². The molecule has 7 heteroatoms. The smallest absolute Gasteiger partial charge is 0.350 e. The van der Waals surface area contributed by atoms with Crippen LogP contribution in [0, 0.1) is 0 Å². The first-order valence-electron chi connectivity index (χ1n) is 7.74. The number of esters is 3. The van der Waals surface area contributed by atoms with E-state index in [-0.39, 0.29) is 11.1 Å². The number of carbonyl (C=O) groups is 3. The average Bonchev–Trinajstić information content (AvgIpc) is 2.43. The molecule has 0 aromatic heterocycles. The molecule has 0 aliphatic carbocycles. The highest BCUT2D eigenvalue weighted by atomic mass is 16.7. The summed E-state index contributed by atoms with van der Waals surface area (Å²) in [5, 5.41) is 2.77. The van der Waals surface area contributed by atoms with Crippen LogP contribution in [0.1, 0.15) is 45.0 Å². The highest BCUT2D eigenvalue weighted by Gasteiger charge is 2.39. The van der Waals surface area contributed by atoms with Gasteiger partial charge in [-0.15, -0.1) is 0 Å². The first-order chi connectivity index (χ1) is 11.5. The summed E-state index contributed by atoms with van der Waals surface area (Å²) < 4.78 is 15.4. The second-order valence-electron chi connectivity index (χ2n) is 6.93. The summed E-state index contributed by atoms with van der Waals surface area (Å²) in [6, 6.07) is 6.59. The van der Waals surface area contributed by atoms with Gasteiger partial charge < -0.3 is 19.5 Å². The summed E-state index contributed by atoms with van der Waals surface area (Å²) in [7, 11) is 0. The van der Waals surface area contributed by atoms with Crippen molar-refractivity contribution in [1.29, 1.82) is 0 Å². The minimum Gasteiger partial charge on any atom is -0.456 e. The molecule has 1 fully saturated rings. The molecule has 0 radical (unpaired) electrons. The zero-order valence-electron chi connectivity index (χ0n) is 14.8. The summed E-state index contributed by atoms with van der Waals surface area (Å²) in [6.45, 7) is 8.21. The van der Waals surface area contributed by atoms with Gasteiger partial charge in [0.05, 0.1) is 11.3 Å². The third kappa shape index (κ3) is 4.82. The standard InChI is InChI=1S/C18H21NO6/c1-17(2,3)23-14(20)11-8-6-7-9-13(11)19-10-12-15(21)24-18(4,5)25-16(12)22/h6-10,19H,1-5H3. The molecule has 2 rings (SSSR count). The van der Waals surface area contributed by atoms with Crippen LogP contribution in [-0.4, -0.2) is 29.3 Å². The van der Waals surface area contributed by atoms with Gasteiger partial charge in [-0.2, -0.15) is 0 Å². The van der Waals surface area contributed by atoms with E-state index < -0.39 is 29.3 Å². The van der Waals surface area contributed by atoms with Gasteiger partial charge in [0.25, 0.3) is 5.79 Å². The van der Waals surface area contributed by atoms with Crippen LogP contribution in [0.4, 0.5) is 5.69 Å². The largest absolute Gasteiger partial charge is 0.456 e. The first-order valence-corrected chi connectivity index (χ1v) is 7.74. The lowest BCUT2D eigenvalue weighted by molar-refractivity contribution is -0.222. The Morgan fingerprint density at radius 2 is 1.68 bits per heavy atom. The number of rotatable bonds is 3. The monoisotopic (exact) mass is 347 g/mol. The molecule has 7 nitrogen and oxygen atoms in total. The van der Waals surface area contributed by atoms with Crippen LogP contribution in [0.2, 0.25) is 0 Å². The molecule has 1 saturated heterocycles. The molecule has 0 amide bonds. The van der Waals surface area contributed by atoms with Crippen molar-refractivity contribution in [2.45, 2.75) is 46.0 Å². The van der Waals surface area contributed by atoms with Crippen LogP contribution in [0.5, 0.6) is 0 Å². The number of para-hydroxylation sites is 1. The van der Waals surface area contributed by atoms with Crippen LogP contribution in [0.25, 0.3) is 0 Å². The van der Waals surface area contributed by atoms with E-state index in [4.69, 9.17) is 14.2 Å². The predicted molar refractivity (Wildman–Crippen MR) is 89.6 cm³/mol. The number of hydrogen-bond donors (Lipinski definition) is 1. The molecule has 1 N–H and O–H groups in total. The van der Waals surface area contributed by atoms with Gasteiger partial charge in [-0.05, 0) is 32.9 Å². The molecule has 0 atom stereocenters. The van der Waals surface area contributed by atoms with Crippen LogP contribution in [0.15, 0.2) is 36.0 Å². The fourth-order valence-corrected chi connectivity index (χ4v) is 2.05. The number of cyclic esters (lactones) is 2. The number of hydrogen-bond acceptors (Lipinski definition) is 7. The van der Waals surface area contributed by atoms with E-state index in [0.29, 0.717) is 5.69 Å². The van der Waals surface area contributed by atoms with Crippen LogP contribution < -0.4 is 5.32 Å². The molecule has 1 heterocycles. The van der Waals surface area contributed by atoms with E-state index in [0.717, 1.165) is 6.20 Å². The van der Waals surface area contributed by atoms with E-state index in [1.807, 2.05) is 0 Å². The topological polar surface area (TPSA) is 90.9 Å². The molecule has 1 aromatic carbocycles. The van der Waals surface area contributed by atoms with Crippen LogP contribution >= 0.6 is 0 Å².